The van der Waals surface area contributed by atoms with Crippen LogP contribution in [-0.2, 0) is 0 Å². The zero-order chi connectivity index (χ0) is 13.8. The molecular weight excluding hydrogens is 247 g/mol. The lowest BCUT2D eigenvalue weighted by Gasteiger charge is -2.07. The number of anilines is 1. The average Bonchev–Trinajstić information content (AvgIpc) is 2.39. The van der Waals surface area contributed by atoms with Crippen molar-refractivity contribution in [1.29, 1.82) is 5.26 Å². The molecule has 0 aliphatic heterocycles. The number of halogens is 1. The van der Waals surface area contributed by atoms with Crippen LogP contribution in [0.5, 0.6) is 5.75 Å². The van der Waals surface area contributed by atoms with Crippen molar-refractivity contribution in [2.24, 2.45) is 0 Å². The van der Waals surface area contributed by atoms with E-state index in [1.165, 1.54) is 36.4 Å². The lowest BCUT2D eigenvalue weighted by atomic mass is 10.1. The van der Waals surface area contributed by atoms with Gasteiger partial charge in [-0.2, -0.15) is 5.26 Å². The Labute approximate surface area is 108 Å². The van der Waals surface area contributed by atoms with Gasteiger partial charge >= 0.3 is 0 Å². The Morgan fingerprint density at radius 1 is 1.21 bits per heavy atom. The molecule has 0 aliphatic carbocycles. The number of benzene rings is 2. The highest BCUT2D eigenvalue weighted by Gasteiger charge is 2.16. The Morgan fingerprint density at radius 3 is 2.47 bits per heavy atom. The van der Waals surface area contributed by atoms with Gasteiger partial charge in [0.2, 0.25) is 0 Å². The van der Waals surface area contributed by atoms with E-state index in [1.54, 1.807) is 0 Å². The molecule has 0 saturated carbocycles. The average molecular weight is 256 g/mol. The van der Waals surface area contributed by atoms with Crippen LogP contribution in [0.1, 0.15) is 15.9 Å². The van der Waals surface area contributed by atoms with Gasteiger partial charge in [-0.15, -0.1) is 0 Å². The van der Waals surface area contributed by atoms with Gasteiger partial charge in [0.05, 0.1) is 11.6 Å². The standard InChI is InChI=1S/C14H9FN2O2/c15-11-2-1-3-12(18)13(11)14(19)17-10-6-4-9(8-16)5-7-10/h1-7,18H,(H,17,19). The van der Waals surface area contributed by atoms with E-state index in [0.29, 0.717) is 11.3 Å². The molecular formula is C14H9FN2O2. The molecule has 0 aliphatic rings. The second kappa shape index (κ2) is 5.19. The number of carbonyl (C=O) groups is 1. The molecule has 0 atom stereocenters. The fourth-order valence-corrected chi connectivity index (χ4v) is 1.56. The topological polar surface area (TPSA) is 73.1 Å². The maximum atomic E-state index is 13.5. The first-order chi connectivity index (χ1) is 9.11. The SMILES string of the molecule is N#Cc1ccc(NC(=O)c2c(O)cccc2F)cc1. The molecule has 0 radical (unpaired) electrons. The predicted octanol–water partition coefficient (Wildman–Crippen LogP) is 2.66. The second-order valence-electron chi connectivity index (χ2n) is 3.78. The summed E-state index contributed by atoms with van der Waals surface area (Å²) in [5, 5.41) is 20.6. The normalized spacial score (nSPS) is 9.68. The number of phenols is 1. The maximum absolute atomic E-state index is 13.5. The van der Waals surface area contributed by atoms with E-state index >= 15 is 0 Å². The summed E-state index contributed by atoms with van der Waals surface area (Å²) in [5.41, 5.74) is 0.449. The number of nitrogens with one attached hydrogen (secondary N) is 1. The van der Waals surface area contributed by atoms with Crippen molar-refractivity contribution in [3.8, 4) is 11.8 Å². The molecule has 2 aromatic rings. The number of nitrogens with zero attached hydrogens (tertiary/aromatic N) is 1. The minimum absolute atomic E-state index is 0.409. The predicted molar refractivity (Wildman–Crippen MR) is 67.2 cm³/mol. The largest absolute Gasteiger partial charge is 0.507 e. The highest BCUT2D eigenvalue weighted by Crippen LogP contribution is 2.21. The molecule has 94 valence electrons. The molecule has 0 aromatic heterocycles. The van der Waals surface area contributed by atoms with Gasteiger partial charge in [-0.05, 0) is 36.4 Å². The number of hydrogen-bond donors (Lipinski definition) is 2. The van der Waals surface area contributed by atoms with Crippen LogP contribution in [0.15, 0.2) is 42.5 Å². The van der Waals surface area contributed by atoms with E-state index in [0.717, 1.165) is 6.07 Å². The molecule has 0 fully saturated rings. The van der Waals surface area contributed by atoms with Gasteiger partial charge in [-0.3, -0.25) is 4.79 Å². The van der Waals surface area contributed by atoms with Crippen molar-refractivity contribution >= 4 is 11.6 Å². The fraction of sp³-hybridized carbons (Fsp3) is 0. The number of nitriles is 1. The van der Waals surface area contributed by atoms with Crippen LogP contribution < -0.4 is 5.32 Å². The number of hydrogen-bond acceptors (Lipinski definition) is 3. The third-order valence-corrected chi connectivity index (χ3v) is 2.49. The molecule has 2 rings (SSSR count). The first-order valence-corrected chi connectivity index (χ1v) is 5.41. The van der Waals surface area contributed by atoms with Crippen LogP contribution in [0, 0.1) is 17.1 Å². The van der Waals surface area contributed by atoms with Crippen LogP contribution in [0.3, 0.4) is 0 Å². The van der Waals surface area contributed by atoms with Crippen LogP contribution >= 0.6 is 0 Å². The number of carbonyl (C=O) groups excluding carboxylic acids is 1. The molecule has 4 nitrogen and oxygen atoms in total. The smallest absolute Gasteiger partial charge is 0.262 e. The zero-order valence-electron chi connectivity index (χ0n) is 9.72. The zero-order valence-corrected chi connectivity index (χ0v) is 9.72. The van der Waals surface area contributed by atoms with Crippen molar-refractivity contribution in [3.05, 3.63) is 59.4 Å². The lowest BCUT2D eigenvalue weighted by molar-refractivity contribution is 0.102. The first-order valence-electron chi connectivity index (χ1n) is 5.41. The van der Waals surface area contributed by atoms with Crippen molar-refractivity contribution < 1.29 is 14.3 Å². The summed E-state index contributed by atoms with van der Waals surface area (Å²) in [6, 6.07) is 11.7. The van der Waals surface area contributed by atoms with E-state index in [9.17, 15) is 14.3 Å². The molecule has 5 heteroatoms. The Kier molecular flexibility index (Phi) is 3.44. The minimum Gasteiger partial charge on any atom is -0.507 e. The molecule has 0 unspecified atom stereocenters. The molecule has 2 N–H and O–H groups in total. The summed E-state index contributed by atoms with van der Waals surface area (Å²) < 4.78 is 13.5. The van der Waals surface area contributed by atoms with Crippen LogP contribution in [-0.4, -0.2) is 11.0 Å². The van der Waals surface area contributed by atoms with Crippen molar-refractivity contribution in [3.63, 3.8) is 0 Å². The summed E-state index contributed by atoms with van der Waals surface area (Å²) in [6.45, 7) is 0. The molecule has 0 bridgehead atoms. The van der Waals surface area contributed by atoms with E-state index < -0.39 is 23.0 Å². The molecule has 19 heavy (non-hydrogen) atoms. The number of aromatic hydroxyl groups is 1. The Balaban J connectivity index is 2.23. The van der Waals surface area contributed by atoms with E-state index in [2.05, 4.69) is 5.32 Å². The summed E-state index contributed by atoms with van der Waals surface area (Å²) in [6.07, 6.45) is 0. The van der Waals surface area contributed by atoms with E-state index in [-0.39, 0.29) is 0 Å². The molecule has 2 aromatic carbocycles. The van der Waals surface area contributed by atoms with Gasteiger partial charge < -0.3 is 10.4 Å². The summed E-state index contributed by atoms with van der Waals surface area (Å²) in [5.74, 6) is -1.97. The Bertz CT molecular complexity index is 640. The number of phenolic OH excluding ortho intramolecular Hbond substituents is 1. The summed E-state index contributed by atoms with van der Waals surface area (Å²) in [7, 11) is 0. The molecule has 0 heterocycles. The lowest BCUT2D eigenvalue weighted by Crippen LogP contribution is -2.13. The van der Waals surface area contributed by atoms with Crippen LogP contribution in [0.25, 0.3) is 0 Å². The highest BCUT2D eigenvalue weighted by molar-refractivity contribution is 6.06. The third-order valence-electron chi connectivity index (χ3n) is 2.49. The van der Waals surface area contributed by atoms with Gasteiger partial charge in [0.1, 0.15) is 17.1 Å². The summed E-state index contributed by atoms with van der Waals surface area (Å²) in [4.78, 5) is 11.8. The third kappa shape index (κ3) is 2.69. The van der Waals surface area contributed by atoms with Gasteiger partial charge in [-0.25, -0.2) is 4.39 Å². The fourth-order valence-electron chi connectivity index (χ4n) is 1.56. The van der Waals surface area contributed by atoms with Crippen molar-refractivity contribution in [2.45, 2.75) is 0 Å². The van der Waals surface area contributed by atoms with E-state index in [1.807, 2.05) is 6.07 Å². The van der Waals surface area contributed by atoms with Crippen molar-refractivity contribution in [1.82, 2.24) is 0 Å². The summed E-state index contributed by atoms with van der Waals surface area (Å²) >= 11 is 0. The monoisotopic (exact) mass is 256 g/mol. The van der Waals surface area contributed by atoms with Crippen LogP contribution in [0.4, 0.5) is 10.1 Å². The van der Waals surface area contributed by atoms with Crippen molar-refractivity contribution in [2.75, 3.05) is 5.32 Å². The van der Waals surface area contributed by atoms with Gasteiger partial charge in [0.25, 0.3) is 5.91 Å². The number of rotatable bonds is 2. The Hall–Kier alpha value is -2.87. The van der Waals surface area contributed by atoms with E-state index in [4.69, 9.17) is 5.26 Å². The van der Waals surface area contributed by atoms with Gasteiger partial charge in [-0.1, -0.05) is 6.07 Å². The van der Waals surface area contributed by atoms with Gasteiger partial charge in [0.15, 0.2) is 0 Å². The first kappa shape index (κ1) is 12.6. The van der Waals surface area contributed by atoms with Gasteiger partial charge in [0, 0.05) is 5.69 Å². The quantitative estimate of drug-likeness (QED) is 0.867. The molecule has 0 saturated heterocycles. The highest BCUT2D eigenvalue weighted by atomic mass is 19.1. The second-order valence-corrected chi connectivity index (χ2v) is 3.78. The number of amides is 1. The minimum atomic E-state index is -0.800. The Morgan fingerprint density at radius 2 is 1.89 bits per heavy atom. The van der Waals surface area contributed by atoms with Crippen LogP contribution in [0.2, 0.25) is 0 Å². The maximum Gasteiger partial charge on any atom is 0.262 e. The molecule has 0 spiro atoms. The molecule has 1 amide bonds.